The molecule has 0 fully saturated rings. The van der Waals surface area contributed by atoms with Crippen LogP contribution in [0.5, 0.6) is 5.88 Å². The zero-order valence-corrected chi connectivity index (χ0v) is 8.97. The van der Waals surface area contributed by atoms with E-state index in [0.29, 0.717) is 0 Å². The average molecular weight is 288 g/mol. The molecule has 0 aliphatic carbocycles. The third-order valence-corrected chi connectivity index (χ3v) is 1.97. The lowest BCUT2D eigenvalue weighted by Gasteiger charge is -2.15. The number of nitrogens with zero attached hydrogens (tertiary/aromatic N) is 1. The van der Waals surface area contributed by atoms with Gasteiger partial charge in [-0.05, 0) is 0 Å². The summed E-state index contributed by atoms with van der Waals surface area (Å²) in [7, 11) is 0. The molecule has 0 aliphatic rings. The molecule has 0 unspecified atom stereocenters. The minimum absolute atomic E-state index is 0.0443. The molecule has 4 nitrogen and oxygen atoms in total. The second kappa shape index (κ2) is 5.03. The maximum atomic E-state index is 12.6. The van der Waals surface area contributed by atoms with Crippen LogP contribution in [0.3, 0.4) is 0 Å². The molecular formula is C9H6F6N2O2. The van der Waals surface area contributed by atoms with Crippen molar-refractivity contribution in [1.29, 1.82) is 0 Å². The van der Waals surface area contributed by atoms with Gasteiger partial charge in [-0.1, -0.05) is 0 Å². The van der Waals surface area contributed by atoms with Crippen LogP contribution in [0.4, 0.5) is 26.3 Å². The van der Waals surface area contributed by atoms with Crippen LogP contribution in [0.15, 0.2) is 6.07 Å². The highest BCUT2D eigenvalue weighted by Gasteiger charge is 2.38. The fourth-order valence-corrected chi connectivity index (χ4v) is 1.30. The number of hydrogen-bond acceptors (Lipinski definition) is 4. The average Bonchev–Trinajstić information content (AvgIpc) is 2.24. The van der Waals surface area contributed by atoms with Gasteiger partial charge in [0.15, 0.2) is 6.29 Å². The molecule has 0 saturated heterocycles. The lowest BCUT2D eigenvalue weighted by atomic mass is 10.1. The molecule has 1 rings (SSSR count). The summed E-state index contributed by atoms with van der Waals surface area (Å²) in [5.41, 5.74) is 2.00. The van der Waals surface area contributed by atoms with E-state index in [1.165, 1.54) is 0 Å². The predicted molar refractivity (Wildman–Crippen MR) is 49.2 cm³/mol. The topological polar surface area (TPSA) is 65.2 Å². The number of carbonyl (C=O) groups is 1. The normalized spacial score (nSPS) is 12.4. The van der Waals surface area contributed by atoms with Crippen molar-refractivity contribution >= 4 is 6.29 Å². The van der Waals surface area contributed by atoms with E-state index < -0.39 is 41.8 Å². The zero-order valence-electron chi connectivity index (χ0n) is 8.97. The van der Waals surface area contributed by atoms with Crippen molar-refractivity contribution in [2.45, 2.75) is 19.1 Å². The SMILES string of the molecule is NCc1c(C(F)(F)F)cc(OC(F)(F)F)nc1C=O. The number of rotatable bonds is 3. The van der Waals surface area contributed by atoms with E-state index in [2.05, 4.69) is 9.72 Å². The van der Waals surface area contributed by atoms with Crippen LogP contribution in [0.1, 0.15) is 21.6 Å². The van der Waals surface area contributed by atoms with Crippen molar-refractivity contribution in [2.75, 3.05) is 0 Å². The van der Waals surface area contributed by atoms with Gasteiger partial charge in [-0.15, -0.1) is 13.2 Å². The number of halogens is 6. The van der Waals surface area contributed by atoms with E-state index in [4.69, 9.17) is 5.73 Å². The summed E-state index contributed by atoms with van der Waals surface area (Å²) in [4.78, 5) is 13.6. The summed E-state index contributed by atoms with van der Waals surface area (Å²) in [5, 5.41) is 0. The Morgan fingerprint density at radius 2 is 1.84 bits per heavy atom. The summed E-state index contributed by atoms with van der Waals surface area (Å²) in [6.07, 6.45) is -10.3. The van der Waals surface area contributed by atoms with Crippen LogP contribution in [0.2, 0.25) is 0 Å². The monoisotopic (exact) mass is 288 g/mol. The van der Waals surface area contributed by atoms with Gasteiger partial charge < -0.3 is 10.5 Å². The fraction of sp³-hybridized carbons (Fsp3) is 0.333. The highest BCUT2D eigenvalue weighted by molar-refractivity contribution is 5.75. The Morgan fingerprint density at radius 1 is 1.26 bits per heavy atom. The van der Waals surface area contributed by atoms with E-state index in [-0.39, 0.29) is 12.4 Å². The van der Waals surface area contributed by atoms with Gasteiger partial charge in [0.05, 0.1) is 5.56 Å². The second-order valence-corrected chi connectivity index (χ2v) is 3.24. The van der Waals surface area contributed by atoms with Crippen LogP contribution in [-0.4, -0.2) is 17.6 Å². The first-order valence-electron chi connectivity index (χ1n) is 4.60. The van der Waals surface area contributed by atoms with Gasteiger partial charge in [0, 0.05) is 18.2 Å². The molecule has 0 amide bonds. The minimum Gasteiger partial charge on any atom is -0.388 e. The Morgan fingerprint density at radius 3 is 2.21 bits per heavy atom. The molecule has 0 radical (unpaired) electrons. The molecular weight excluding hydrogens is 282 g/mol. The predicted octanol–water partition coefficient (Wildman–Crippen LogP) is 2.27. The number of aldehydes is 1. The van der Waals surface area contributed by atoms with Crippen molar-refractivity contribution in [3.05, 3.63) is 22.9 Å². The minimum atomic E-state index is -5.22. The van der Waals surface area contributed by atoms with Crippen molar-refractivity contribution in [1.82, 2.24) is 4.98 Å². The first kappa shape index (κ1) is 15.2. The Hall–Kier alpha value is -1.84. The first-order valence-corrected chi connectivity index (χ1v) is 4.60. The third-order valence-electron chi connectivity index (χ3n) is 1.97. The van der Waals surface area contributed by atoms with Crippen LogP contribution in [0, 0.1) is 0 Å². The first-order chi connectivity index (χ1) is 8.58. The van der Waals surface area contributed by atoms with Crippen LogP contribution in [-0.2, 0) is 12.7 Å². The highest BCUT2D eigenvalue weighted by atomic mass is 19.4. The lowest BCUT2D eigenvalue weighted by Crippen LogP contribution is -2.21. The van der Waals surface area contributed by atoms with E-state index >= 15 is 0 Å². The van der Waals surface area contributed by atoms with Crippen molar-refractivity contribution in [2.24, 2.45) is 5.73 Å². The molecule has 1 aromatic rings. The number of hydrogen-bond donors (Lipinski definition) is 1. The van der Waals surface area contributed by atoms with Gasteiger partial charge in [0.2, 0.25) is 5.88 Å². The van der Waals surface area contributed by atoms with Crippen molar-refractivity contribution in [3.8, 4) is 5.88 Å². The van der Waals surface area contributed by atoms with Gasteiger partial charge >= 0.3 is 12.5 Å². The maximum absolute atomic E-state index is 12.6. The fourth-order valence-electron chi connectivity index (χ4n) is 1.30. The molecule has 0 atom stereocenters. The van der Waals surface area contributed by atoms with E-state index in [1.807, 2.05) is 0 Å². The van der Waals surface area contributed by atoms with Crippen molar-refractivity contribution in [3.63, 3.8) is 0 Å². The highest BCUT2D eigenvalue weighted by Crippen LogP contribution is 2.35. The standard InChI is InChI=1S/C9H6F6N2O2/c10-8(11,12)5-1-7(19-9(13,14)15)17-6(3-18)4(5)2-16/h1,3H,2,16H2. The van der Waals surface area contributed by atoms with Crippen LogP contribution >= 0.6 is 0 Å². The van der Waals surface area contributed by atoms with E-state index in [1.54, 1.807) is 0 Å². The number of ether oxygens (including phenoxy) is 1. The number of aromatic nitrogens is 1. The molecule has 10 heteroatoms. The lowest BCUT2D eigenvalue weighted by molar-refractivity contribution is -0.276. The van der Waals surface area contributed by atoms with Gasteiger partial charge in [-0.3, -0.25) is 4.79 Å². The summed E-state index contributed by atoms with van der Waals surface area (Å²) in [6.45, 7) is -0.706. The second-order valence-electron chi connectivity index (χ2n) is 3.24. The Kier molecular flexibility index (Phi) is 4.03. The molecule has 0 aromatic carbocycles. The Labute approximate surface area is 102 Å². The molecule has 0 spiro atoms. The van der Waals surface area contributed by atoms with E-state index in [9.17, 15) is 31.1 Å². The number of nitrogens with two attached hydrogens (primary N) is 1. The Balaban J connectivity index is 3.43. The molecule has 0 saturated carbocycles. The number of carbonyl (C=O) groups excluding carboxylic acids is 1. The van der Waals surface area contributed by atoms with Crippen molar-refractivity contribution < 1.29 is 35.9 Å². The summed E-state index contributed by atoms with van der Waals surface area (Å²) < 4.78 is 76.9. The number of pyridine rings is 1. The van der Waals surface area contributed by atoms with Crippen LogP contribution in [0.25, 0.3) is 0 Å². The number of alkyl halides is 6. The summed E-state index contributed by atoms with van der Waals surface area (Å²) >= 11 is 0. The van der Waals surface area contributed by atoms with Gasteiger partial charge in [0.25, 0.3) is 0 Å². The molecule has 0 aliphatic heterocycles. The molecule has 1 aromatic heterocycles. The molecule has 2 N–H and O–H groups in total. The summed E-state index contributed by atoms with van der Waals surface area (Å²) in [5.74, 6) is -1.38. The smallest absolute Gasteiger partial charge is 0.388 e. The van der Waals surface area contributed by atoms with Gasteiger partial charge in [-0.2, -0.15) is 13.2 Å². The Bertz CT molecular complexity index is 483. The zero-order chi connectivity index (χ0) is 14.8. The van der Waals surface area contributed by atoms with Gasteiger partial charge in [0.1, 0.15) is 5.69 Å². The maximum Gasteiger partial charge on any atom is 0.574 e. The molecule has 1 heterocycles. The van der Waals surface area contributed by atoms with Crippen LogP contribution < -0.4 is 10.5 Å². The largest absolute Gasteiger partial charge is 0.574 e. The summed E-state index contributed by atoms with van der Waals surface area (Å²) in [6, 6.07) is 0.0443. The van der Waals surface area contributed by atoms with E-state index in [0.717, 1.165) is 0 Å². The molecule has 106 valence electrons. The van der Waals surface area contributed by atoms with Gasteiger partial charge in [-0.25, -0.2) is 4.98 Å². The molecule has 0 bridgehead atoms. The quantitative estimate of drug-likeness (QED) is 0.684. The molecule has 19 heavy (non-hydrogen) atoms. The third kappa shape index (κ3) is 3.81.